The minimum atomic E-state index is -4.23. The van der Waals surface area contributed by atoms with E-state index in [1.54, 1.807) is 0 Å². The Morgan fingerprint density at radius 3 is 1.90 bits per heavy atom. The Morgan fingerprint density at radius 2 is 1.80 bits per heavy atom. The van der Waals surface area contributed by atoms with Crippen molar-refractivity contribution in [3.8, 4) is 0 Å². The summed E-state index contributed by atoms with van der Waals surface area (Å²) in [6, 6.07) is -0.536. The molecule has 0 aromatic rings. The maximum Gasteiger partial charge on any atom is 0.409 e. The van der Waals surface area contributed by atoms with Gasteiger partial charge in [0, 0.05) is 12.1 Å². The lowest BCUT2D eigenvalue weighted by atomic mass is 10.3. The summed E-state index contributed by atoms with van der Waals surface area (Å²) in [5.74, 6) is 0. The highest BCUT2D eigenvalue weighted by Crippen LogP contribution is 2.15. The first-order valence-electron chi connectivity index (χ1n) is 2.43. The summed E-state index contributed by atoms with van der Waals surface area (Å²) >= 11 is 0. The van der Waals surface area contributed by atoms with Gasteiger partial charge in [-0.3, -0.25) is 0 Å². The number of halogens is 4. The van der Waals surface area contributed by atoms with E-state index < -0.39 is 12.2 Å². The molecule has 0 amide bonds. The highest BCUT2D eigenvalue weighted by molar-refractivity contribution is 5.85. The predicted octanol–water partition coefficient (Wildman–Crippen LogP) is 1.87. The Labute approximate surface area is 63.5 Å². The minimum Gasteiger partial charge on any atom is -0.325 e. The third-order valence-electron chi connectivity index (χ3n) is 0.589. The van der Waals surface area contributed by atoms with E-state index in [1.807, 2.05) is 0 Å². The Hall–Kier alpha value is -0.220. The molecule has 0 radical (unpaired) electrons. The van der Waals surface area contributed by atoms with Crippen molar-refractivity contribution in [3.63, 3.8) is 0 Å². The first-order valence-corrected chi connectivity index (χ1v) is 2.43. The first kappa shape index (κ1) is 12.5. The lowest BCUT2D eigenvalue weighted by molar-refractivity contribution is -0.0800. The molecule has 0 bridgehead atoms. The summed E-state index contributed by atoms with van der Waals surface area (Å²) in [5, 5.41) is 0. The second kappa shape index (κ2) is 4.57. The van der Waals surface area contributed by atoms with Crippen LogP contribution < -0.4 is 5.73 Å². The van der Waals surface area contributed by atoms with E-state index in [9.17, 15) is 13.2 Å². The molecule has 0 aliphatic rings. The molecule has 0 rings (SSSR count). The third kappa shape index (κ3) is 10.7. The lowest BCUT2D eigenvalue weighted by Gasteiger charge is -1.98. The second-order valence-electron chi connectivity index (χ2n) is 1.76. The van der Waals surface area contributed by atoms with Crippen LogP contribution in [-0.4, -0.2) is 12.2 Å². The molecule has 1 atom stereocenters. The molecular weight excluding hydrogens is 167 g/mol. The quantitative estimate of drug-likeness (QED) is 0.605. The molecule has 5 heteroatoms. The Kier molecular flexibility index (Phi) is 5.70. The van der Waals surface area contributed by atoms with E-state index in [-0.39, 0.29) is 18.5 Å². The lowest BCUT2D eigenvalue weighted by Crippen LogP contribution is -2.12. The summed E-state index contributed by atoms with van der Waals surface area (Å²) in [4.78, 5) is 0. The van der Waals surface area contributed by atoms with Crippen molar-refractivity contribution >= 4 is 12.4 Å². The van der Waals surface area contributed by atoms with E-state index in [4.69, 9.17) is 5.73 Å². The molecule has 0 aromatic heterocycles. The summed E-state index contributed by atoms with van der Waals surface area (Å²) < 4.78 is 33.8. The molecule has 0 heterocycles. The largest absolute Gasteiger partial charge is 0.409 e. The molecule has 2 N–H and O–H groups in total. The van der Waals surface area contributed by atoms with Gasteiger partial charge in [-0.1, -0.05) is 6.08 Å². The van der Waals surface area contributed by atoms with Crippen LogP contribution in [0.25, 0.3) is 0 Å². The van der Waals surface area contributed by atoms with Gasteiger partial charge in [0.2, 0.25) is 0 Å². The number of rotatable bonds is 1. The average molecular weight is 176 g/mol. The van der Waals surface area contributed by atoms with Crippen molar-refractivity contribution in [1.82, 2.24) is 0 Å². The molecule has 1 unspecified atom stereocenters. The molecule has 0 spiro atoms. The van der Waals surface area contributed by atoms with E-state index in [0.29, 0.717) is 0 Å². The zero-order valence-electron chi connectivity index (χ0n) is 5.35. The van der Waals surface area contributed by atoms with Gasteiger partial charge in [-0.25, -0.2) is 0 Å². The fraction of sp³-hybridized carbons (Fsp3) is 0.600. The van der Waals surface area contributed by atoms with Crippen LogP contribution in [0.15, 0.2) is 12.2 Å². The van der Waals surface area contributed by atoms with Crippen LogP contribution in [0.3, 0.4) is 0 Å². The number of hydrogen-bond donors (Lipinski definition) is 1. The van der Waals surface area contributed by atoms with Crippen molar-refractivity contribution in [2.45, 2.75) is 19.1 Å². The van der Waals surface area contributed by atoms with Gasteiger partial charge in [-0.15, -0.1) is 12.4 Å². The van der Waals surface area contributed by atoms with E-state index in [1.165, 1.54) is 6.92 Å². The molecule has 0 fully saturated rings. The smallest absolute Gasteiger partial charge is 0.325 e. The molecule has 0 aliphatic carbocycles. The van der Waals surface area contributed by atoms with Gasteiger partial charge in [0.1, 0.15) is 0 Å². The van der Waals surface area contributed by atoms with E-state index in [2.05, 4.69) is 0 Å². The van der Waals surface area contributed by atoms with Crippen LogP contribution in [0, 0.1) is 0 Å². The van der Waals surface area contributed by atoms with Gasteiger partial charge < -0.3 is 5.73 Å². The fourth-order valence-corrected chi connectivity index (χ4v) is 0.261. The van der Waals surface area contributed by atoms with Crippen LogP contribution in [0.1, 0.15) is 6.92 Å². The van der Waals surface area contributed by atoms with Crippen LogP contribution in [0.4, 0.5) is 13.2 Å². The van der Waals surface area contributed by atoms with Crippen LogP contribution in [0.5, 0.6) is 0 Å². The van der Waals surface area contributed by atoms with Crippen molar-refractivity contribution in [1.29, 1.82) is 0 Å². The monoisotopic (exact) mass is 175 g/mol. The van der Waals surface area contributed by atoms with Crippen LogP contribution >= 0.6 is 12.4 Å². The van der Waals surface area contributed by atoms with Crippen molar-refractivity contribution < 1.29 is 13.2 Å². The topological polar surface area (TPSA) is 26.0 Å². The summed E-state index contributed by atoms with van der Waals surface area (Å²) in [7, 11) is 0. The van der Waals surface area contributed by atoms with Gasteiger partial charge in [0.05, 0.1) is 0 Å². The number of allylic oxidation sites excluding steroid dienone is 1. The molecule has 0 saturated carbocycles. The first-order chi connectivity index (χ1) is 3.92. The number of hydrogen-bond acceptors (Lipinski definition) is 1. The highest BCUT2D eigenvalue weighted by Gasteiger charge is 2.21. The Morgan fingerprint density at radius 1 is 1.40 bits per heavy atom. The van der Waals surface area contributed by atoms with Crippen LogP contribution in [0.2, 0.25) is 0 Å². The maximum atomic E-state index is 11.3. The Bertz CT molecular complexity index is 108. The predicted molar refractivity (Wildman–Crippen MR) is 36.1 cm³/mol. The summed E-state index contributed by atoms with van der Waals surface area (Å²) in [5.41, 5.74) is 5.01. The molecule has 1 nitrogen and oxygen atoms in total. The van der Waals surface area contributed by atoms with Gasteiger partial charge >= 0.3 is 6.18 Å². The molecule has 0 aromatic carbocycles. The summed E-state index contributed by atoms with van der Waals surface area (Å²) in [6.45, 7) is 1.47. The van der Waals surface area contributed by atoms with Crippen molar-refractivity contribution in [2.24, 2.45) is 5.73 Å². The van der Waals surface area contributed by atoms with Gasteiger partial charge in [0.25, 0.3) is 0 Å². The maximum absolute atomic E-state index is 11.3. The Balaban J connectivity index is 0. The standard InChI is InChI=1S/C5H8F3N.ClH/c1-4(9)2-3-5(6,7)8;/h2-4H,9H2,1H3;1H/b3-2+;. The van der Waals surface area contributed by atoms with E-state index >= 15 is 0 Å². The van der Waals surface area contributed by atoms with Crippen LogP contribution in [-0.2, 0) is 0 Å². The number of alkyl halides is 3. The minimum absolute atomic E-state index is 0. The summed E-state index contributed by atoms with van der Waals surface area (Å²) in [6.07, 6.45) is -3.19. The zero-order valence-corrected chi connectivity index (χ0v) is 6.17. The van der Waals surface area contributed by atoms with Gasteiger partial charge in [0.15, 0.2) is 0 Å². The molecular formula is C5H9ClF3N. The highest BCUT2D eigenvalue weighted by atomic mass is 35.5. The van der Waals surface area contributed by atoms with Gasteiger partial charge in [-0.2, -0.15) is 13.2 Å². The fourth-order valence-electron chi connectivity index (χ4n) is 0.261. The second-order valence-corrected chi connectivity index (χ2v) is 1.76. The SMILES string of the molecule is CC(N)/C=C/C(F)(F)F.Cl. The van der Waals surface area contributed by atoms with E-state index in [0.717, 1.165) is 6.08 Å². The normalized spacial score (nSPS) is 14.9. The number of nitrogens with two attached hydrogens (primary N) is 1. The van der Waals surface area contributed by atoms with Crippen molar-refractivity contribution in [3.05, 3.63) is 12.2 Å². The zero-order chi connectivity index (χ0) is 7.49. The molecule has 0 aliphatic heterocycles. The molecule has 0 saturated heterocycles. The van der Waals surface area contributed by atoms with Gasteiger partial charge in [-0.05, 0) is 6.92 Å². The molecule has 10 heavy (non-hydrogen) atoms. The van der Waals surface area contributed by atoms with Crippen molar-refractivity contribution in [2.75, 3.05) is 0 Å². The average Bonchev–Trinajstić information content (AvgIpc) is 1.59. The molecule has 62 valence electrons. The third-order valence-corrected chi connectivity index (χ3v) is 0.589.